The van der Waals surface area contributed by atoms with Crippen LogP contribution in [-0.2, 0) is 20.9 Å². The number of rotatable bonds is 9. The summed E-state index contributed by atoms with van der Waals surface area (Å²) in [4.78, 5) is 36.6. The van der Waals surface area contributed by atoms with Gasteiger partial charge in [0.2, 0.25) is 0 Å². The molecule has 2 aromatic rings. The molecule has 3 N–H and O–H groups in total. The first-order valence-corrected chi connectivity index (χ1v) is 9.59. The van der Waals surface area contributed by atoms with E-state index in [9.17, 15) is 14.4 Å². The van der Waals surface area contributed by atoms with Crippen LogP contribution in [0.3, 0.4) is 0 Å². The lowest BCUT2D eigenvalue weighted by molar-refractivity contribution is -0.136. The molecule has 3 amide bonds. The van der Waals surface area contributed by atoms with Gasteiger partial charge in [-0.3, -0.25) is 14.4 Å². The van der Waals surface area contributed by atoms with Crippen LogP contribution < -0.4 is 16.0 Å². The van der Waals surface area contributed by atoms with Crippen LogP contribution >= 0.6 is 0 Å². The Morgan fingerprint density at radius 2 is 1.59 bits per heavy atom. The largest absolute Gasteiger partial charge is 0.379 e. The number of anilines is 1. The monoisotopic (exact) mass is 397 g/mol. The molecule has 0 radical (unpaired) electrons. The summed E-state index contributed by atoms with van der Waals surface area (Å²) in [6.45, 7) is 5.06. The van der Waals surface area contributed by atoms with Gasteiger partial charge in [-0.05, 0) is 38.0 Å². The van der Waals surface area contributed by atoms with Crippen molar-refractivity contribution in [2.45, 2.75) is 32.9 Å². The number of para-hydroxylation sites is 1. The highest BCUT2D eigenvalue weighted by molar-refractivity contribution is 6.40. The number of benzene rings is 2. The van der Waals surface area contributed by atoms with E-state index in [2.05, 4.69) is 16.0 Å². The van der Waals surface area contributed by atoms with Crippen molar-refractivity contribution in [2.75, 3.05) is 18.5 Å². The Morgan fingerprint density at radius 1 is 0.897 bits per heavy atom. The molecular formula is C22H27N3O4. The van der Waals surface area contributed by atoms with Crippen LogP contribution in [0.4, 0.5) is 5.69 Å². The predicted octanol–water partition coefficient (Wildman–Crippen LogP) is 2.49. The molecule has 2 rings (SSSR count). The minimum Gasteiger partial charge on any atom is -0.379 e. The molecule has 0 aliphatic carbocycles. The number of ether oxygens (including phenoxy) is 1. The van der Waals surface area contributed by atoms with Gasteiger partial charge in [0.25, 0.3) is 5.91 Å². The van der Waals surface area contributed by atoms with E-state index in [0.717, 1.165) is 5.56 Å². The molecule has 0 aliphatic rings. The second-order valence-corrected chi connectivity index (χ2v) is 6.70. The zero-order chi connectivity index (χ0) is 21.1. The minimum absolute atomic E-state index is 0.124. The van der Waals surface area contributed by atoms with Crippen molar-refractivity contribution in [3.63, 3.8) is 0 Å². The van der Waals surface area contributed by atoms with Crippen LogP contribution in [-0.4, -0.2) is 37.0 Å². The summed E-state index contributed by atoms with van der Waals surface area (Å²) in [6, 6.07) is 16.1. The van der Waals surface area contributed by atoms with Gasteiger partial charge in [0, 0.05) is 19.7 Å². The quantitative estimate of drug-likeness (QED) is 0.447. The topological polar surface area (TPSA) is 96.5 Å². The average molecular weight is 397 g/mol. The third-order valence-corrected chi connectivity index (χ3v) is 3.98. The van der Waals surface area contributed by atoms with E-state index in [1.54, 1.807) is 24.3 Å². The zero-order valence-electron chi connectivity index (χ0n) is 16.7. The van der Waals surface area contributed by atoms with Gasteiger partial charge in [0.15, 0.2) is 0 Å². The second-order valence-electron chi connectivity index (χ2n) is 6.70. The molecule has 154 valence electrons. The Bertz CT molecular complexity index is 822. The van der Waals surface area contributed by atoms with E-state index in [1.807, 2.05) is 44.2 Å². The Kier molecular flexibility index (Phi) is 8.85. The fourth-order valence-electron chi connectivity index (χ4n) is 2.52. The first-order chi connectivity index (χ1) is 14.0. The highest BCUT2D eigenvalue weighted by atomic mass is 16.5. The van der Waals surface area contributed by atoms with Crippen molar-refractivity contribution in [1.82, 2.24) is 10.6 Å². The van der Waals surface area contributed by atoms with E-state index >= 15 is 0 Å². The van der Waals surface area contributed by atoms with Crippen LogP contribution in [0.15, 0.2) is 54.6 Å². The highest BCUT2D eigenvalue weighted by Crippen LogP contribution is 2.15. The molecule has 0 aromatic heterocycles. The van der Waals surface area contributed by atoms with Gasteiger partial charge in [-0.15, -0.1) is 0 Å². The van der Waals surface area contributed by atoms with Crippen molar-refractivity contribution < 1.29 is 19.1 Å². The zero-order valence-corrected chi connectivity index (χ0v) is 16.7. The molecule has 0 saturated heterocycles. The Balaban J connectivity index is 1.87. The molecule has 29 heavy (non-hydrogen) atoms. The summed E-state index contributed by atoms with van der Waals surface area (Å²) < 4.78 is 5.38. The van der Waals surface area contributed by atoms with Gasteiger partial charge in [-0.2, -0.15) is 0 Å². The third-order valence-electron chi connectivity index (χ3n) is 3.98. The lowest BCUT2D eigenvalue weighted by atomic mass is 10.1. The average Bonchev–Trinajstić information content (AvgIpc) is 2.72. The molecular weight excluding hydrogens is 370 g/mol. The fourth-order valence-corrected chi connectivity index (χ4v) is 2.52. The predicted molar refractivity (Wildman–Crippen MR) is 111 cm³/mol. The van der Waals surface area contributed by atoms with E-state index in [-0.39, 0.29) is 23.3 Å². The molecule has 0 spiro atoms. The summed E-state index contributed by atoms with van der Waals surface area (Å²) >= 11 is 0. The van der Waals surface area contributed by atoms with Crippen molar-refractivity contribution in [2.24, 2.45) is 0 Å². The van der Waals surface area contributed by atoms with Gasteiger partial charge in [0.05, 0.1) is 17.4 Å². The molecule has 0 aliphatic heterocycles. The minimum atomic E-state index is -0.821. The highest BCUT2D eigenvalue weighted by Gasteiger charge is 2.17. The molecule has 0 saturated carbocycles. The third kappa shape index (κ3) is 7.75. The molecule has 0 heterocycles. The van der Waals surface area contributed by atoms with Crippen LogP contribution in [0, 0.1) is 0 Å². The number of amides is 3. The summed E-state index contributed by atoms with van der Waals surface area (Å²) in [7, 11) is 0. The molecule has 7 heteroatoms. The number of hydrogen-bond donors (Lipinski definition) is 3. The van der Waals surface area contributed by atoms with Crippen LogP contribution in [0.2, 0.25) is 0 Å². The van der Waals surface area contributed by atoms with Gasteiger partial charge in [-0.1, -0.05) is 42.5 Å². The smallest absolute Gasteiger partial charge is 0.313 e. The van der Waals surface area contributed by atoms with Crippen molar-refractivity contribution in [3.05, 3.63) is 65.7 Å². The van der Waals surface area contributed by atoms with E-state index in [1.165, 1.54) is 0 Å². The maximum Gasteiger partial charge on any atom is 0.313 e. The van der Waals surface area contributed by atoms with E-state index < -0.39 is 11.8 Å². The summed E-state index contributed by atoms with van der Waals surface area (Å²) in [5.74, 6) is -1.91. The molecule has 0 bridgehead atoms. The number of hydrogen-bond acceptors (Lipinski definition) is 4. The first-order valence-electron chi connectivity index (χ1n) is 9.59. The fraction of sp³-hybridized carbons (Fsp3) is 0.318. The summed E-state index contributed by atoms with van der Waals surface area (Å²) in [6.07, 6.45) is 0.730. The molecule has 0 fully saturated rings. The second kappa shape index (κ2) is 11.6. The van der Waals surface area contributed by atoms with Crippen LogP contribution in [0.5, 0.6) is 0 Å². The van der Waals surface area contributed by atoms with Gasteiger partial charge in [0.1, 0.15) is 0 Å². The number of carbonyl (C=O) groups is 3. The van der Waals surface area contributed by atoms with Crippen molar-refractivity contribution >= 4 is 23.4 Å². The molecule has 0 atom stereocenters. The van der Waals surface area contributed by atoms with E-state index in [4.69, 9.17) is 4.74 Å². The van der Waals surface area contributed by atoms with Crippen LogP contribution in [0.1, 0.15) is 36.2 Å². The maximum atomic E-state index is 12.5. The van der Waals surface area contributed by atoms with Gasteiger partial charge in [-0.25, -0.2) is 0 Å². The SMILES string of the molecule is CC(C)OCCCNC(=O)C(=O)Nc1ccccc1C(=O)NCc1ccccc1. The Labute approximate surface area is 170 Å². The Hall–Kier alpha value is -3.19. The Morgan fingerprint density at radius 3 is 2.31 bits per heavy atom. The molecule has 7 nitrogen and oxygen atoms in total. The van der Waals surface area contributed by atoms with Gasteiger partial charge >= 0.3 is 11.8 Å². The normalized spacial score (nSPS) is 10.4. The first kappa shape index (κ1) is 22.1. The van der Waals surface area contributed by atoms with Crippen molar-refractivity contribution in [3.8, 4) is 0 Å². The maximum absolute atomic E-state index is 12.5. The lowest BCUT2D eigenvalue weighted by Gasteiger charge is -2.12. The van der Waals surface area contributed by atoms with E-state index in [0.29, 0.717) is 26.1 Å². The van der Waals surface area contributed by atoms with Crippen LogP contribution in [0.25, 0.3) is 0 Å². The molecule has 0 unspecified atom stereocenters. The summed E-state index contributed by atoms with van der Waals surface area (Å²) in [5.41, 5.74) is 1.53. The van der Waals surface area contributed by atoms with Crippen molar-refractivity contribution in [1.29, 1.82) is 0 Å². The molecule has 2 aromatic carbocycles. The van der Waals surface area contributed by atoms with Gasteiger partial charge < -0.3 is 20.7 Å². The number of nitrogens with one attached hydrogen (secondary N) is 3. The lowest BCUT2D eigenvalue weighted by Crippen LogP contribution is -2.36. The summed E-state index contributed by atoms with van der Waals surface area (Å²) in [5, 5.41) is 7.86. The number of carbonyl (C=O) groups excluding carboxylic acids is 3. The standard InChI is InChI=1S/C22H27N3O4/c1-16(2)29-14-8-13-23-21(27)22(28)25-19-12-7-6-11-18(19)20(26)24-15-17-9-4-3-5-10-17/h3-7,9-12,16H,8,13-15H2,1-2H3,(H,23,27)(H,24,26)(H,25,28).